The summed E-state index contributed by atoms with van der Waals surface area (Å²) in [6, 6.07) is 7.78. The predicted molar refractivity (Wildman–Crippen MR) is 63.9 cm³/mol. The lowest BCUT2D eigenvalue weighted by atomic mass is 9.92. The summed E-state index contributed by atoms with van der Waals surface area (Å²) >= 11 is 0. The zero-order chi connectivity index (χ0) is 11.8. The van der Waals surface area contributed by atoms with Crippen molar-refractivity contribution in [3.8, 4) is 5.75 Å². The van der Waals surface area contributed by atoms with E-state index in [1.165, 1.54) is 0 Å². The number of hydrogen-bond acceptors (Lipinski definition) is 3. The minimum absolute atomic E-state index is 0.218. The molecule has 0 amide bonds. The number of methoxy groups -OCH3 is 1. The lowest BCUT2D eigenvalue weighted by molar-refractivity contribution is 0.169. The maximum Gasteiger partial charge on any atom is 0.206 e. The van der Waals surface area contributed by atoms with Gasteiger partial charge in [-0.3, -0.25) is 5.41 Å². The first-order chi connectivity index (χ1) is 7.53. The molecule has 0 saturated heterocycles. The number of rotatable bonds is 2. The zero-order valence-electron chi connectivity index (χ0n) is 9.70. The third-order valence-corrected chi connectivity index (χ3v) is 2.69. The van der Waals surface area contributed by atoms with Crippen LogP contribution in [0.3, 0.4) is 0 Å². The van der Waals surface area contributed by atoms with Crippen molar-refractivity contribution in [3.05, 3.63) is 35.9 Å². The van der Waals surface area contributed by atoms with Crippen LogP contribution in [0.4, 0.5) is 0 Å². The van der Waals surface area contributed by atoms with Crippen LogP contribution >= 0.6 is 0 Å². The summed E-state index contributed by atoms with van der Waals surface area (Å²) in [4.78, 5) is 0. The first-order valence-electron chi connectivity index (χ1n) is 5.17. The van der Waals surface area contributed by atoms with Crippen LogP contribution in [0, 0.1) is 5.41 Å². The third-order valence-electron chi connectivity index (χ3n) is 2.69. The van der Waals surface area contributed by atoms with Gasteiger partial charge in [-0.05, 0) is 31.5 Å². The number of ether oxygens (including phenoxy) is 2. The van der Waals surface area contributed by atoms with Gasteiger partial charge in [-0.15, -0.1) is 0 Å². The Morgan fingerprint density at radius 2 is 1.81 bits per heavy atom. The summed E-state index contributed by atoms with van der Waals surface area (Å²) in [5.74, 6) is 1.05. The van der Waals surface area contributed by atoms with Crippen molar-refractivity contribution in [3.63, 3.8) is 0 Å². The molecule has 1 heterocycles. The van der Waals surface area contributed by atoms with Gasteiger partial charge in [0, 0.05) is 11.6 Å². The highest BCUT2D eigenvalue weighted by atomic mass is 16.5. The van der Waals surface area contributed by atoms with Gasteiger partial charge in [0.2, 0.25) is 5.90 Å². The normalized spacial score (nSPS) is 17.9. The van der Waals surface area contributed by atoms with Gasteiger partial charge in [0.25, 0.3) is 0 Å². The van der Waals surface area contributed by atoms with Crippen molar-refractivity contribution in [2.24, 2.45) is 0 Å². The molecule has 0 aromatic heterocycles. The zero-order valence-corrected chi connectivity index (χ0v) is 9.70. The van der Waals surface area contributed by atoms with Crippen molar-refractivity contribution < 1.29 is 9.47 Å². The van der Waals surface area contributed by atoms with E-state index in [2.05, 4.69) is 0 Å². The largest absolute Gasteiger partial charge is 0.497 e. The fourth-order valence-electron chi connectivity index (χ4n) is 1.87. The molecule has 0 bridgehead atoms. The summed E-state index contributed by atoms with van der Waals surface area (Å²) in [5, 5.41) is 7.54. The molecule has 1 aliphatic rings. The summed E-state index contributed by atoms with van der Waals surface area (Å²) in [6.45, 7) is 3.93. The number of hydrogen-bond donors (Lipinski definition) is 1. The molecule has 0 atom stereocenters. The first-order valence-corrected chi connectivity index (χ1v) is 5.17. The van der Waals surface area contributed by atoms with Crippen molar-refractivity contribution in [2.45, 2.75) is 19.4 Å². The van der Waals surface area contributed by atoms with E-state index in [1.54, 1.807) is 13.2 Å². The Morgan fingerprint density at radius 1 is 1.19 bits per heavy atom. The topological polar surface area (TPSA) is 42.3 Å². The van der Waals surface area contributed by atoms with Crippen LogP contribution in [0.2, 0.25) is 0 Å². The minimum Gasteiger partial charge on any atom is -0.497 e. The van der Waals surface area contributed by atoms with Gasteiger partial charge in [-0.2, -0.15) is 0 Å². The van der Waals surface area contributed by atoms with Crippen LogP contribution in [-0.4, -0.2) is 18.6 Å². The van der Waals surface area contributed by atoms with Crippen molar-refractivity contribution >= 4 is 11.5 Å². The SMILES string of the molecule is COc1ccc(C2=CC(=N)OC2(C)C)cc1. The number of nitrogens with one attached hydrogen (secondary N) is 1. The van der Waals surface area contributed by atoms with E-state index in [4.69, 9.17) is 14.9 Å². The molecule has 1 aromatic carbocycles. The van der Waals surface area contributed by atoms with Gasteiger partial charge in [0.05, 0.1) is 7.11 Å². The van der Waals surface area contributed by atoms with Gasteiger partial charge < -0.3 is 9.47 Å². The number of benzene rings is 1. The van der Waals surface area contributed by atoms with Crippen LogP contribution in [0.5, 0.6) is 5.75 Å². The average molecular weight is 217 g/mol. The molecule has 0 unspecified atom stereocenters. The van der Waals surface area contributed by atoms with E-state index >= 15 is 0 Å². The summed E-state index contributed by atoms with van der Waals surface area (Å²) in [5.41, 5.74) is 1.67. The second kappa shape index (κ2) is 3.67. The van der Waals surface area contributed by atoms with Gasteiger partial charge in [-0.1, -0.05) is 12.1 Å². The van der Waals surface area contributed by atoms with Crippen LogP contribution in [0.25, 0.3) is 5.57 Å². The maximum absolute atomic E-state index is 7.54. The van der Waals surface area contributed by atoms with Crippen LogP contribution < -0.4 is 4.74 Å². The maximum atomic E-state index is 7.54. The Kier molecular flexibility index (Phi) is 2.46. The van der Waals surface area contributed by atoms with Crippen molar-refractivity contribution in [2.75, 3.05) is 7.11 Å². The van der Waals surface area contributed by atoms with Gasteiger partial charge in [0.15, 0.2) is 0 Å². The molecular weight excluding hydrogens is 202 g/mol. The minimum atomic E-state index is -0.425. The monoisotopic (exact) mass is 217 g/mol. The molecule has 0 fully saturated rings. The molecule has 0 radical (unpaired) electrons. The highest BCUT2D eigenvalue weighted by Crippen LogP contribution is 2.35. The van der Waals surface area contributed by atoms with Crippen LogP contribution in [0.1, 0.15) is 19.4 Å². The summed E-state index contributed by atoms with van der Waals surface area (Å²) in [6.07, 6.45) is 1.77. The van der Waals surface area contributed by atoms with E-state index in [0.29, 0.717) is 0 Å². The lowest BCUT2D eigenvalue weighted by Crippen LogP contribution is -2.22. The van der Waals surface area contributed by atoms with Gasteiger partial charge >= 0.3 is 0 Å². The molecule has 3 nitrogen and oxygen atoms in total. The quantitative estimate of drug-likeness (QED) is 0.827. The summed E-state index contributed by atoms with van der Waals surface area (Å²) in [7, 11) is 1.65. The van der Waals surface area contributed by atoms with Crippen molar-refractivity contribution in [1.82, 2.24) is 0 Å². The van der Waals surface area contributed by atoms with E-state index in [1.807, 2.05) is 38.1 Å². The molecular formula is C13H15NO2. The fraction of sp³-hybridized carbons (Fsp3) is 0.308. The van der Waals surface area contributed by atoms with Gasteiger partial charge in [-0.25, -0.2) is 0 Å². The van der Waals surface area contributed by atoms with E-state index in [-0.39, 0.29) is 5.90 Å². The van der Waals surface area contributed by atoms with E-state index in [0.717, 1.165) is 16.9 Å². The van der Waals surface area contributed by atoms with E-state index < -0.39 is 5.60 Å². The lowest BCUT2D eigenvalue weighted by Gasteiger charge is -2.22. The highest BCUT2D eigenvalue weighted by molar-refractivity contribution is 6.00. The summed E-state index contributed by atoms with van der Waals surface area (Å²) < 4.78 is 10.5. The van der Waals surface area contributed by atoms with Crippen molar-refractivity contribution in [1.29, 1.82) is 5.41 Å². The Morgan fingerprint density at radius 3 is 2.25 bits per heavy atom. The second-order valence-corrected chi connectivity index (χ2v) is 4.26. The second-order valence-electron chi connectivity index (χ2n) is 4.26. The molecule has 1 N–H and O–H groups in total. The van der Waals surface area contributed by atoms with Crippen LogP contribution in [-0.2, 0) is 4.74 Å². The molecule has 1 aliphatic heterocycles. The van der Waals surface area contributed by atoms with Gasteiger partial charge in [0.1, 0.15) is 11.4 Å². The van der Waals surface area contributed by atoms with Crippen LogP contribution in [0.15, 0.2) is 30.3 Å². The Hall–Kier alpha value is -1.77. The predicted octanol–water partition coefficient (Wildman–Crippen LogP) is 2.86. The Labute approximate surface area is 95.2 Å². The first kappa shape index (κ1) is 10.7. The standard InChI is InChI=1S/C13H15NO2/c1-13(2)11(8-12(14)16-13)9-4-6-10(15-3)7-5-9/h4-8,14H,1-3H3. The van der Waals surface area contributed by atoms with E-state index in [9.17, 15) is 0 Å². The molecule has 2 rings (SSSR count). The molecule has 3 heteroatoms. The molecule has 1 aromatic rings. The molecule has 0 spiro atoms. The third kappa shape index (κ3) is 1.81. The Balaban J connectivity index is 2.37. The molecule has 84 valence electrons. The molecule has 0 aliphatic carbocycles. The Bertz CT molecular complexity index is 444. The highest BCUT2D eigenvalue weighted by Gasteiger charge is 2.32. The average Bonchev–Trinajstić information content (AvgIpc) is 2.52. The molecule has 0 saturated carbocycles. The fourth-order valence-corrected chi connectivity index (χ4v) is 1.87. The smallest absolute Gasteiger partial charge is 0.206 e. The molecule has 16 heavy (non-hydrogen) atoms.